The van der Waals surface area contributed by atoms with E-state index in [2.05, 4.69) is 15.3 Å². The van der Waals surface area contributed by atoms with E-state index in [0.717, 1.165) is 22.5 Å². The summed E-state index contributed by atoms with van der Waals surface area (Å²) in [5.41, 5.74) is 3.43. The summed E-state index contributed by atoms with van der Waals surface area (Å²) < 4.78 is 0. The summed E-state index contributed by atoms with van der Waals surface area (Å²) in [6, 6.07) is 14.6. The van der Waals surface area contributed by atoms with Crippen molar-refractivity contribution in [3.63, 3.8) is 0 Å². The lowest BCUT2D eigenvalue weighted by Crippen LogP contribution is -2.51. The number of carboxylic acid groups (broad SMARTS) is 1. The highest BCUT2D eigenvalue weighted by Gasteiger charge is 2.35. The number of carbonyl (C=O) groups excluding carboxylic acids is 1. The van der Waals surface area contributed by atoms with E-state index in [1.54, 1.807) is 23.4 Å². The van der Waals surface area contributed by atoms with Crippen LogP contribution in [-0.4, -0.2) is 44.6 Å². The number of nitrogens with one attached hydrogen (secondary N) is 2. The second kappa shape index (κ2) is 8.59. The maximum absolute atomic E-state index is 13.2. The number of carboxylic acids is 1. The molecule has 1 aliphatic heterocycles. The third kappa shape index (κ3) is 4.16. The van der Waals surface area contributed by atoms with Gasteiger partial charge in [-0.3, -0.25) is 0 Å². The minimum atomic E-state index is -1.08. The highest BCUT2D eigenvalue weighted by Crippen LogP contribution is 2.33. The van der Waals surface area contributed by atoms with Gasteiger partial charge in [-0.1, -0.05) is 54.1 Å². The molecule has 0 fully saturated rings. The molecular formula is C22H21ClN4O3. The van der Waals surface area contributed by atoms with Crippen LogP contribution in [0.1, 0.15) is 28.6 Å². The predicted molar refractivity (Wildman–Crippen MR) is 112 cm³/mol. The van der Waals surface area contributed by atoms with E-state index in [0.29, 0.717) is 18.0 Å². The van der Waals surface area contributed by atoms with Gasteiger partial charge in [-0.25, -0.2) is 14.6 Å². The maximum atomic E-state index is 13.2. The molecule has 1 unspecified atom stereocenters. The van der Waals surface area contributed by atoms with Crippen molar-refractivity contribution < 1.29 is 14.7 Å². The van der Waals surface area contributed by atoms with Crippen LogP contribution >= 0.6 is 11.6 Å². The Morgan fingerprint density at radius 1 is 1.20 bits per heavy atom. The lowest BCUT2D eigenvalue weighted by atomic mass is 9.96. The first kappa shape index (κ1) is 20.0. The van der Waals surface area contributed by atoms with Gasteiger partial charge in [0.2, 0.25) is 0 Å². The molecule has 3 N–H and O–H groups in total. The number of amides is 2. The van der Waals surface area contributed by atoms with Crippen LogP contribution in [0.3, 0.4) is 0 Å². The summed E-state index contributed by atoms with van der Waals surface area (Å²) >= 11 is 6.03. The fourth-order valence-electron chi connectivity index (χ4n) is 3.76. The first-order chi connectivity index (χ1) is 14.5. The summed E-state index contributed by atoms with van der Waals surface area (Å²) in [6.45, 7) is 0.437. The molecule has 8 heteroatoms. The van der Waals surface area contributed by atoms with Gasteiger partial charge in [-0.2, -0.15) is 0 Å². The Labute approximate surface area is 178 Å². The van der Waals surface area contributed by atoms with Crippen molar-refractivity contribution in [3.8, 4) is 0 Å². The number of H-pyrrole nitrogens is 1. The Kier molecular flexibility index (Phi) is 5.72. The average molecular weight is 425 g/mol. The molecule has 0 radical (unpaired) electrons. The Morgan fingerprint density at radius 2 is 1.93 bits per heavy atom. The molecule has 0 saturated heterocycles. The number of halogens is 1. The molecule has 0 spiro atoms. The van der Waals surface area contributed by atoms with Crippen LogP contribution < -0.4 is 5.32 Å². The van der Waals surface area contributed by atoms with Gasteiger partial charge in [-0.15, -0.1) is 0 Å². The standard InChI is InChI=1S/C22H21ClN4O3/c23-16-8-6-15(7-9-16)20-19-17(24-13-25-19)10-11-27(20)22(30)26-18(21(28)29)12-14-4-2-1-3-5-14/h1-9,13,18,20H,10-12H2,(H,24,25)(H,26,30)(H,28,29)/t18-,20?/m0/s1. The number of nitrogens with zero attached hydrogens (tertiary/aromatic N) is 2. The van der Waals surface area contributed by atoms with Crippen LogP contribution in [0, 0.1) is 0 Å². The molecule has 3 aromatic rings. The minimum absolute atomic E-state index is 0.203. The van der Waals surface area contributed by atoms with Crippen molar-refractivity contribution in [2.24, 2.45) is 0 Å². The molecule has 2 aromatic carbocycles. The summed E-state index contributed by atoms with van der Waals surface area (Å²) in [5, 5.41) is 12.9. The van der Waals surface area contributed by atoms with Gasteiger partial charge in [0.15, 0.2) is 0 Å². The molecule has 7 nitrogen and oxygen atoms in total. The number of fused-ring (bicyclic) bond motifs is 1. The molecule has 2 heterocycles. The zero-order valence-corrected chi connectivity index (χ0v) is 16.8. The van der Waals surface area contributed by atoms with Crippen molar-refractivity contribution in [2.75, 3.05) is 6.54 Å². The Morgan fingerprint density at radius 3 is 2.63 bits per heavy atom. The number of imidazole rings is 1. The van der Waals surface area contributed by atoms with Gasteiger partial charge >= 0.3 is 12.0 Å². The molecule has 30 heavy (non-hydrogen) atoms. The van der Waals surface area contributed by atoms with Gasteiger partial charge in [-0.05, 0) is 23.3 Å². The van der Waals surface area contributed by atoms with E-state index < -0.39 is 24.1 Å². The summed E-state index contributed by atoms with van der Waals surface area (Å²) in [6.07, 6.45) is 2.43. The molecule has 2 amide bonds. The topological polar surface area (TPSA) is 98.3 Å². The minimum Gasteiger partial charge on any atom is -0.480 e. The lowest BCUT2D eigenvalue weighted by Gasteiger charge is -2.36. The van der Waals surface area contributed by atoms with E-state index in [1.807, 2.05) is 42.5 Å². The number of aliphatic carboxylic acids is 1. The number of rotatable bonds is 5. The lowest BCUT2D eigenvalue weighted by molar-refractivity contribution is -0.139. The zero-order chi connectivity index (χ0) is 21.1. The van der Waals surface area contributed by atoms with E-state index in [4.69, 9.17) is 11.6 Å². The van der Waals surface area contributed by atoms with Gasteiger partial charge in [0.25, 0.3) is 0 Å². The summed E-state index contributed by atoms with van der Waals surface area (Å²) in [5.74, 6) is -1.08. The Balaban J connectivity index is 1.59. The number of aromatic amines is 1. The molecule has 4 rings (SSSR count). The highest BCUT2D eigenvalue weighted by atomic mass is 35.5. The van der Waals surface area contributed by atoms with Crippen molar-refractivity contribution in [1.29, 1.82) is 0 Å². The van der Waals surface area contributed by atoms with E-state index in [1.165, 1.54) is 0 Å². The van der Waals surface area contributed by atoms with Crippen LogP contribution in [0.2, 0.25) is 5.02 Å². The molecule has 0 saturated carbocycles. The van der Waals surface area contributed by atoms with Gasteiger partial charge < -0.3 is 20.3 Å². The highest BCUT2D eigenvalue weighted by molar-refractivity contribution is 6.30. The number of urea groups is 1. The van der Waals surface area contributed by atoms with E-state index in [9.17, 15) is 14.7 Å². The normalized spacial score (nSPS) is 16.6. The Hall–Kier alpha value is -3.32. The fraction of sp³-hybridized carbons (Fsp3) is 0.227. The predicted octanol–water partition coefficient (Wildman–Crippen LogP) is 3.42. The molecule has 0 bridgehead atoms. The first-order valence-corrected chi connectivity index (χ1v) is 10.0. The van der Waals surface area contributed by atoms with Crippen molar-refractivity contribution >= 4 is 23.6 Å². The smallest absolute Gasteiger partial charge is 0.326 e. The van der Waals surface area contributed by atoms with Crippen LogP contribution in [-0.2, 0) is 17.6 Å². The van der Waals surface area contributed by atoms with Crippen molar-refractivity contribution in [3.05, 3.63) is 88.5 Å². The number of benzene rings is 2. The number of carbonyl (C=O) groups is 2. The molecule has 1 aromatic heterocycles. The van der Waals surface area contributed by atoms with Gasteiger partial charge in [0, 0.05) is 30.1 Å². The van der Waals surface area contributed by atoms with Gasteiger partial charge in [0.05, 0.1) is 12.0 Å². The van der Waals surface area contributed by atoms with E-state index >= 15 is 0 Å². The molecule has 2 atom stereocenters. The number of aromatic nitrogens is 2. The van der Waals surface area contributed by atoms with Crippen molar-refractivity contribution in [2.45, 2.75) is 24.9 Å². The first-order valence-electron chi connectivity index (χ1n) is 9.64. The second-order valence-corrected chi connectivity index (χ2v) is 7.63. The quantitative estimate of drug-likeness (QED) is 0.584. The SMILES string of the molecule is O=C(O)[C@H](Cc1ccccc1)NC(=O)N1CCc2[nH]cnc2C1c1ccc(Cl)cc1. The third-order valence-electron chi connectivity index (χ3n) is 5.25. The third-order valence-corrected chi connectivity index (χ3v) is 5.50. The fourth-order valence-corrected chi connectivity index (χ4v) is 3.89. The monoisotopic (exact) mass is 424 g/mol. The van der Waals surface area contributed by atoms with Crippen LogP contribution in [0.15, 0.2) is 60.9 Å². The van der Waals surface area contributed by atoms with E-state index in [-0.39, 0.29) is 6.42 Å². The summed E-state index contributed by atoms with van der Waals surface area (Å²) in [4.78, 5) is 34.2. The second-order valence-electron chi connectivity index (χ2n) is 7.19. The number of hydrogen-bond donors (Lipinski definition) is 3. The molecular weight excluding hydrogens is 404 g/mol. The largest absolute Gasteiger partial charge is 0.480 e. The van der Waals surface area contributed by atoms with Crippen LogP contribution in [0.25, 0.3) is 0 Å². The van der Waals surface area contributed by atoms with Crippen LogP contribution in [0.4, 0.5) is 4.79 Å². The zero-order valence-electron chi connectivity index (χ0n) is 16.1. The van der Waals surface area contributed by atoms with Crippen molar-refractivity contribution in [1.82, 2.24) is 20.2 Å². The number of hydrogen-bond acceptors (Lipinski definition) is 3. The van der Waals surface area contributed by atoms with Crippen LogP contribution in [0.5, 0.6) is 0 Å². The maximum Gasteiger partial charge on any atom is 0.326 e. The summed E-state index contributed by atoms with van der Waals surface area (Å²) in [7, 11) is 0. The van der Waals surface area contributed by atoms with Gasteiger partial charge in [0.1, 0.15) is 12.1 Å². The molecule has 154 valence electrons. The average Bonchev–Trinajstić information content (AvgIpc) is 3.23. The molecule has 0 aliphatic carbocycles. The molecule has 1 aliphatic rings. The Bertz CT molecular complexity index is 1040.